The number of nitrogens with zero attached hydrogens (tertiary/aromatic N) is 2. The molecule has 3 rings (SSSR count). The highest BCUT2D eigenvalue weighted by molar-refractivity contribution is 7.92. The Kier molecular flexibility index (Phi) is 9.94. The molecule has 1 N–H and O–H groups in total. The van der Waals surface area contributed by atoms with Crippen LogP contribution in [0, 0.1) is 12.8 Å². The van der Waals surface area contributed by atoms with Crippen LogP contribution in [0.3, 0.4) is 0 Å². The normalized spacial score (nSPS) is 12.2. The van der Waals surface area contributed by atoms with Gasteiger partial charge in [-0.15, -0.1) is 0 Å². The molecule has 7 nitrogen and oxygen atoms in total. The van der Waals surface area contributed by atoms with Crippen LogP contribution in [0.2, 0.25) is 5.02 Å². The fraction of sp³-hybridized carbons (Fsp3) is 0.310. The second-order valence-electron chi connectivity index (χ2n) is 9.62. The van der Waals surface area contributed by atoms with Crippen molar-refractivity contribution in [3.05, 3.63) is 95.0 Å². The zero-order valence-corrected chi connectivity index (χ0v) is 23.7. The first-order chi connectivity index (χ1) is 18.0. The number of carbonyl (C=O) groups excluding carboxylic acids is 2. The first-order valence-corrected chi connectivity index (χ1v) is 14.3. The fourth-order valence-electron chi connectivity index (χ4n) is 3.78. The number of para-hydroxylation sites is 1. The molecule has 2 amide bonds. The quantitative estimate of drug-likeness (QED) is 0.359. The SMILES string of the molecule is Cc1ccc(CN(C(=O)CN(c2ccccc2)S(=O)(=O)c2ccc(Cl)cc2)[C@@H](C)C(=O)NCC(C)C)cc1. The van der Waals surface area contributed by atoms with Crippen LogP contribution in [0.25, 0.3) is 0 Å². The minimum atomic E-state index is -4.12. The zero-order valence-electron chi connectivity index (χ0n) is 22.1. The molecular weight excluding hydrogens is 522 g/mol. The van der Waals surface area contributed by atoms with Crippen LogP contribution in [0.5, 0.6) is 0 Å². The summed E-state index contributed by atoms with van der Waals surface area (Å²) in [6, 6.07) is 21.1. The van der Waals surface area contributed by atoms with E-state index in [0.717, 1.165) is 15.4 Å². The molecule has 3 aromatic rings. The molecule has 0 aliphatic heterocycles. The lowest BCUT2D eigenvalue weighted by Crippen LogP contribution is -2.51. The summed E-state index contributed by atoms with van der Waals surface area (Å²) in [7, 11) is -4.12. The van der Waals surface area contributed by atoms with Crippen molar-refractivity contribution in [3.8, 4) is 0 Å². The molecule has 0 aromatic heterocycles. The van der Waals surface area contributed by atoms with Crippen LogP contribution in [0.4, 0.5) is 5.69 Å². The summed E-state index contributed by atoms with van der Waals surface area (Å²) in [5.74, 6) is -0.560. The molecule has 0 bridgehead atoms. The van der Waals surface area contributed by atoms with Gasteiger partial charge in [0.05, 0.1) is 10.6 Å². The number of halogens is 1. The van der Waals surface area contributed by atoms with Crippen molar-refractivity contribution in [2.75, 3.05) is 17.4 Å². The van der Waals surface area contributed by atoms with E-state index in [2.05, 4.69) is 5.32 Å². The van der Waals surface area contributed by atoms with Gasteiger partial charge >= 0.3 is 0 Å². The van der Waals surface area contributed by atoms with Crippen LogP contribution in [-0.2, 0) is 26.2 Å². The number of sulfonamides is 1. The third kappa shape index (κ3) is 7.58. The largest absolute Gasteiger partial charge is 0.354 e. The second-order valence-corrected chi connectivity index (χ2v) is 11.9. The number of anilines is 1. The van der Waals surface area contributed by atoms with E-state index in [1.54, 1.807) is 37.3 Å². The third-order valence-corrected chi connectivity index (χ3v) is 8.09. The van der Waals surface area contributed by atoms with E-state index < -0.39 is 28.5 Å². The molecule has 38 heavy (non-hydrogen) atoms. The first-order valence-electron chi connectivity index (χ1n) is 12.4. The van der Waals surface area contributed by atoms with Crippen LogP contribution in [0.1, 0.15) is 31.9 Å². The van der Waals surface area contributed by atoms with Gasteiger partial charge in [0.2, 0.25) is 11.8 Å². The van der Waals surface area contributed by atoms with Gasteiger partial charge in [-0.05, 0) is 61.7 Å². The van der Waals surface area contributed by atoms with Crippen molar-refractivity contribution in [3.63, 3.8) is 0 Å². The minimum absolute atomic E-state index is 0.00589. The monoisotopic (exact) mass is 555 g/mol. The van der Waals surface area contributed by atoms with E-state index in [0.29, 0.717) is 17.3 Å². The molecule has 0 heterocycles. The molecule has 0 unspecified atom stereocenters. The van der Waals surface area contributed by atoms with Gasteiger partial charge in [-0.3, -0.25) is 13.9 Å². The Morgan fingerprint density at radius 1 is 0.895 bits per heavy atom. The molecule has 0 fully saturated rings. The summed E-state index contributed by atoms with van der Waals surface area (Å²) in [4.78, 5) is 28.3. The number of hydrogen-bond donors (Lipinski definition) is 1. The maximum atomic E-state index is 13.8. The molecule has 0 aliphatic rings. The van der Waals surface area contributed by atoms with Gasteiger partial charge in [-0.1, -0.05) is 73.5 Å². The average molecular weight is 556 g/mol. The number of carbonyl (C=O) groups is 2. The molecule has 0 aliphatic carbocycles. The standard InChI is InChI=1S/C29H34ClN3O4S/c1-21(2)18-31-29(35)23(4)32(19-24-12-10-22(3)11-13-24)28(34)20-33(26-8-6-5-7-9-26)38(36,37)27-16-14-25(30)15-17-27/h5-17,21,23H,18-20H2,1-4H3,(H,31,35)/t23-/m0/s1. The van der Waals surface area contributed by atoms with E-state index >= 15 is 0 Å². The number of rotatable bonds is 11. The summed E-state index contributed by atoms with van der Waals surface area (Å²) in [5.41, 5.74) is 2.24. The van der Waals surface area contributed by atoms with Gasteiger partial charge < -0.3 is 10.2 Å². The predicted molar refractivity (Wildman–Crippen MR) is 151 cm³/mol. The zero-order chi connectivity index (χ0) is 27.9. The van der Waals surface area contributed by atoms with Crippen molar-refractivity contribution in [2.45, 2.75) is 45.2 Å². The van der Waals surface area contributed by atoms with Crippen LogP contribution < -0.4 is 9.62 Å². The Hall–Kier alpha value is -3.36. The Labute approximate surface area is 230 Å². The second kappa shape index (κ2) is 12.9. The minimum Gasteiger partial charge on any atom is -0.354 e. The predicted octanol–water partition coefficient (Wildman–Crippen LogP) is 5.03. The maximum Gasteiger partial charge on any atom is 0.264 e. The number of amides is 2. The van der Waals surface area contributed by atoms with E-state index in [9.17, 15) is 18.0 Å². The fourth-order valence-corrected chi connectivity index (χ4v) is 5.32. The van der Waals surface area contributed by atoms with Gasteiger partial charge in [0.25, 0.3) is 10.0 Å². The van der Waals surface area contributed by atoms with Crippen molar-refractivity contribution in [2.24, 2.45) is 5.92 Å². The Bertz CT molecular complexity index is 1330. The summed E-state index contributed by atoms with van der Waals surface area (Å²) in [5, 5.41) is 3.28. The maximum absolute atomic E-state index is 13.8. The summed E-state index contributed by atoms with van der Waals surface area (Å²) >= 11 is 5.97. The summed E-state index contributed by atoms with van der Waals surface area (Å²) in [6.45, 7) is 7.73. The molecule has 1 atom stereocenters. The van der Waals surface area contributed by atoms with Gasteiger partial charge in [0.1, 0.15) is 12.6 Å². The molecule has 3 aromatic carbocycles. The first kappa shape index (κ1) is 29.2. The number of nitrogens with one attached hydrogen (secondary N) is 1. The van der Waals surface area contributed by atoms with Gasteiger partial charge in [0.15, 0.2) is 0 Å². The lowest BCUT2D eigenvalue weighted by molar-refractivity contribution is -0.139. The molecule has 202 valence electrons. The highest BCUT2D eigenvalue weighted by Gasteiger charge is 2.32. The molecule has 0 radical (unpaired) electrons. The number of aryl methyl sites for hydroxylation is 1. The molecule has 0 saturated carbocycles. The molecule has 0 spiro atoms. The Morgan fingerprint density at radius 3 is 2.08 bits per heavy atom. The van der Waals surface area contributed by atoms with Gasteiger partial charge in [-0.2, -0.15) is 0 Å². The third-order valence-electron chi connectivity index (χ3n) is 6.05. The summed E-state index contributed by atoms with van der Waals surface area (Å²) < 4.78 is 28.5. The van der Waals surface area contributed by atoms with Crippen molar-refractivity contribution >= 4 is 39.1 Å². The molecular formula is C29H34ClN3O4S. The highest BCUT2D eigenvalue weighted by Crippen LogP contribution is 2.25. The van der Waals surface area contributed by atoms with Crippen molar-refractivity contribution in [1.82, 2.24) is 10.2 Å². The van der Waals surface area contributed by atoms with Crippen molar-refractivity contribution < 1.29 is 18.0 Å². The smallest absolute Gasteiger partial charge is 0.264 e. The summed E-state index contributed by atoms with van der Waals surface area (Å²) in [6.07, 6.45) is 0. The number of benzene rings is 3. The topological polar surface area (TPSA) is 86.8 Å². The molecule has 0 saturated heterocycles. The highest BCUT2D eigenvalue weighted by atomic mass is 35.5. The van der Waals surface area contributed by atoms with E-state index in [1.807, 2.05) is 45.0 Å². The van der Waals surface area contributed by atoms with Crippen molar-refractivity contribution in [1.29, 1.82) is 0 Å². The van der Waals surface area contributed by atoms with Gasteiger partial charge in [0, 0.05) is 18.1 Å². The van der Waals surface area contributed by atoms with E-state index in [4.69, 9.17) is 11.6 Å². The average Bonchev–Trinajstić information content (AvgIpc) is 2.90. The van der Waals surface area contributed by atoms with Crippen LogP contribution >= 0.6 is 11.6 Å². The Balaban J connectivity index is 1.97. The van der Waals surface area contributed by atoms with E-state index in [1.165, 1.54) is 29.2 Å². The van der Waals surface area contributed by atoms with Crippen LogP contribution in [-0.4, -0.2) is 44.3 Å². The molecule has 9 heteroatoms. The lowest BCUT2D eigenvalue weighted by atomic mass is 10.1. The lowest BCUT2D eigenvalue weighted by Gasteiger charge is -2.32. The van der Waals surface area contributed by atoms with Crippen LogP contribution in [0.15, 0.2) is 83.8 Å². The number of hydrogen-bond acceptors (Lipinski definition) is 4. The van der Waals surface area contributed by atoms with Gasteiger partial charge in [-0.25, -0.2) is 8.42 Å². The van der Waals surface area contributed by atoms with E-state index in [-0.39, 0.29) is 23.3 Å². The Morgan fingerprint density at radius 2 is 1.50 bits per heavy atom.